The first-order chi connectivity index (χ1) is 11.9. The lowest BCUT2D eigenvalue weighted by Gasteiger charge is -2.29. The highest BCUT2D eigenvalue weighted by atomic mass is 33.1. The number of amides is 1. The van der Waals surface area contributed by atoms with Gasteiger partial charge in [0.1, 0.15) is 0 Å². The third kappa shape index (κ3) is 14.2. The van der Waals surface area contributed by atoms with Crippen molar-refractivity contribution in [2.45, 2.75) is 78.1 Å². The lowest BCUT2D eigenvalue weighted by molar-refractivity contribution is -0.122. The summed E-state index contributed by atoms with van der Waals surface area (Å²) in [5, 5.41) is 2.97. The lowest BCUT2D eigenvalue weighted by atomic mass is 10.1. The van der Waals surface area contributed by atoms with E-state index in [4.69, 9.17) is 14.2 Å². The number of carbonyl (C=O) groups excluding carboxylic acids is 1. The molecule has 1 amide bonds. The van der Waals surface area contributed by atoms with E-state index in [1.165, 1.54) is 0 Å². The van der Waals surface area contributed by atoms with Gasteiger partial charge in [0, 0.05) is 38.2 Å². The highest BCUT2D eigenvalue weighted by Gasteiger charge is 2.22. The minimum absolute atomic E-state index is 0.0658. The van der Waals surface area contributed by atoms with Crippen molar-refractivity contribution in [1.82, 2.24) is 5.32 Å². The fourth-order valence-corrected chi connectivity index (χ4v) is 4.48. The third-order valence-corrected chi connectivity index (χ3v) is 6.60. The normalized spacial score (nSPS) is 13.1. The van der Waals surface area contributed by atoms with Gasteiger partial charge in [-0.25, -0.2) is 0 Å². The Labute approximate surface area is 168 Å². The molecule has 5 nitrogen and oxygen atoms in total. The van der Waals surface area contributed by atoms with Crippen molar-refractivity contribution in [3.8, 4) is 0 Å². The van der Waals surface area contributed by atoms with Crippen LogP contribution in [0.1, 0.15) is 61.3 Å². The molecule has 0 unspecified atom stereocenters. The number of rotatable bonds is 15. The predicted octanol–water partition coefficient (Wildman–Crippen LogP) is 4.30. The summed E-state index contributed by atoms with van der Waals surface area (Å²) in [6.45, 7) is 16.1. The van der Waals surface area contributed by atoms with Crippen molar-refractivity contribution in [2.24, 2.45) is 0 Å². The van der Waals surface area contributed by atoms with Crippen LogP contribution in [0, 0.1) is 0 Å². The van der Waals surface area contributed by atoms with E-state index < -0.39 is 0 Å². The third-order valence-electron chi connectivity index (χ3n) is 3.90. The van der Waals surface area contributed by atoms with Gasteiger partial charge in [0.25, 0.3) is 0 Å². The number of hydrogen-bond acceptors (Lipinski definition) is 6. The van der Waals surface area contributed by atoms with Crippen LogP contribution >= 0.6 is 21.6 Å². The molecule has 0 saturated carbocycles. The average Bonchev–Trinajstić information content (AvgIpc) is 2.52. The molecule has 0 aromatic rings. The Morgan fingerprint density at radius 1 is 0.962 bits per heavy atom. The van der Waals surface area contributed by atoms with Crippen molar-refractivity contribution in [3.05, 3.63) is 0 Å². The monoisotopic (exact) mass is 409 g/mol. The topological polar surface area (TPSA) is 56.8 Å². The largest absolute Gasteiger partial charge is 0.379 e. The second-order valence-electron chi connectivity index (χ2n) is 8.13. The van der Waals surface area contributed by atoms with E-state index in [-0.39, 0.29) is 22.7 Å². The van der Waals surface area contributed by atoms with Gasteiger partial charge >= 0.3 is 0 Å². The first-order valence-corrected chi connectivity index (χ1v) is 11.8. The Hall–Kier alpha value is 0.0500. The lowest BCUT2D eigenvalue weighted by Crippen LogP contribution is -2.41. The quantitative estimate of drug-likeness (QED) is 0.321. The van der Waals surface area contributed by atoms with Crippen molar-refractivity contribution in [2.75, 3.05) is 38.4 Å². The van der Waals surface area contributed by atoms with Gasteiger partial charge in [-0.15, -0.1) is 0 Å². The van der Waals surface area contributed by atoms with Crippen molar-refractivity contribution >= 4 is 27.5 Å². The zero-order chi connectivity index (χ0) is 20.3. The van der Waals surface area contributed by atoms with Crippen LogP contribution in [0.4, 0.5) is 0 Å². The minimum Gasteiger partial charge on any atom is -0.379 e. The molecule has 0 bridgehead atoms. The molecule has 26 heavy (non-hydrogen) atoms. The Balaban J connectivity index is 3.86. The Bertz CT molecular complexity index is 401. The van der Waals surface area contributed by atoms with Crippen LogP contribution < -0.4 is 5.32 Å². The average molecular weight is 410 g/mol. The zero-order valence-corrected chi connectivity index (χ0v) is 19.5. The molecule has 0 atom stereocenters. The van der Waals surface area contributed by atoms with Gasteiger partial charge in [0.15, 0.2) is 0 Å². The predicted molar refractivity (Wildman–Crippen MR) is 114 cm³/mol. The van der Waals surface area contributed by atoms with Crippen molar-refractivity contribution in [1.29, 1.82) is 0 Å². The van der Waals surface area contributed by atoms with Gasteiger partial charge in [0.05, 0.1) is 23.4 Å². The van der Waals surface area contributed by atoms with E-state index in [1.54, 1.807) is 28.7 Å². The van der Waals surface area contributed by atoms with E-state index in [2.05, 4.69) is 19.2 Å². The maximum Gasteiger partial charge on any atom is 0.220 e. The van der Waals surface area contributed by atoms with Crippen molar-refractivity contribution in [3.63, 3.8) is 0 Å². The van der Waals surface area contributed by atoms with Crippen LogP contribution in [0.5, 0.6) is 0 Å². The summed E-state index contributed by atoms with van der Waals surface area (Å²) in [5.74, 6) is 1.77. The van der Waals surface area contributed by atoms with E-state index in [0.717, 1.165) is 24.5 Å². The Morgan fingerprint density at radius 3 is 2.19 bits per heavy atom. The number of carbonyl (C=O) groups is 1. The van der Waals surface area contributed by atoms with Crippen LogP contribution in [0.3, 0.4) is 0 Å². The molecule has 0 aromatic heterocycles. The van der Waals surface area contributed by atoms with E-state index in [9.17, 15) is 4.79 Å². The second kappa shape index (κ2) is 12.5. The van der Waals surface area contributed by atoms with E-state index in [0.29, 0.717) is 19.6 Å². The van der Waals surface area contributed by atoms with E-state index >= 15 is 0 Å². The van der Waals surface area contributed by atoms with Crippen LogP contribution in [-0.2, 0) is 19.0 Å². The SMILES string of the molecule is CCOC(C)(C)CSSCCC(=O)NCC(C)(C)OCCC(C)(C)OC. The Kier molecular flexibility index (Phi) is 12.5. The van der Waals surface area contributed by atoms with Crippen LogP contribution in [0.15, 0.2) is 0 Å². The number of nitrogens with one attached hydrogen (secondary N) is 1. The molecule has 7 heteroatoms. The van der Waals surface area contributed by atoms with Gasteiger partial charge < -0.3 is 19.5 Å². The molecule has 0 fully saturated rings. The molecule has 0 aromatic carbocycles. The molecule has 156 valence electrons. The number of hydrogen-bond donors (Lipinski definition) is 1. The maximum absolute atomic E-state index is 12.0. The standard InChI is InChI=1S/C19H39NO4S2/c1-9-23-19(6,7)15-26-25-13-10-16(21)20-14-18(4,5)24-12-11-17(2,3)22-8/h9-15H2,1-8H3,(H,20,21). The molecule has 0 radical (unpaired) electrons. The highest BCUT2D eigenvalue weighted by molar-refractivity contribution is 8.76. The minimum atomic E-state index is -0.386. The highest BCUT2D eigenvalue weighted by Crippen LogP contribution is 2.27. The Morgan fingerprint density at radius 2 is 1.62 bits per heavy atom. The molecular weight excluding hydrogens is 370 g/mol. The maximum atomic E-state index is 12.0. The van der Waals surface area contributed by atoms with Gasteiger partial charge in [-0.3, -0.25) is 4.79 Å². The van der Waals surface area contributed by atoms with Gasteiger partial charge in [-0.2, -0.15) is 0 Å². The second-order valence-corrected chi connectivity index (χ2v) is 10.7. The van der Waals surface area contributed by atoms with Crippen LogP contribution in [-0.4, -0.2) is 61.1 Å². The van der Waals surface area contributed by atoms with Crippen LogP contribution in [0.25, 0.3) is 0 Å². The van der Waals surface area contributed by atoms with Gasteiger partial charge in [-0.1, -0.05) is 21.6 Å². The molecule has 0 spiro atoms. The van der Waals surface area contributed by atoms with Crippen molar-refractivity contribution < 1.29 is 19.0 Å². The number of ether oxygens (including phenoxy) is 3. The molecule has 0 rings (SSSR count). The molecule has 0 aliphatic carbocycles. The molecule has 0 aliphatic rings. The molecule has 0 saturated heterocycles. The van der Waals surface area contributed by atoms with Crippen LogP contribution in [0.2, 0.25) is 0 Å². The first kappa shape index (κ1) is 26.1. The summed E-state index contributed by atoms with van der Waals surface area (Å²) in [4.78, 5) is 12.0. The van der Waals surface area contributed by atoms with Gasteiger partial charge in [0.2, 0.25) is 5.91 Å². The summed E-state index contributed by atoms with van der Waals surface area (Å²) in [6, 6.07) is 0. The fourth-order valence-electron chi connectivity index (χ4n) is 1.94. The summed E-state index contributed by atoms with van der Waals surface area (Å²) in [7, 11) is 5.18. The molecule has 0 aliphatic heterocycles. The molecular formula is C19H39NO4S2. The summed E-state index contributed by atoms with van der Waals surface area (Å²) >= 11 is 0. The summed E-state index contributed by atoms with van der Waals surface area (Å²) in [6.07, 6.45) is 1.33. The summed E-state index contributed by atoms with van der Waals surface area (Å²) < 4.78 is 16.9. The fraction of sp³-hybridized carbons (Fsp3) is 0.947. The first-order valence-electron chi connectivity index (χ1n) is 9.27. The molecule has 1 N–H and O–H groups in total. The van der Waals surface area contributed by atoms with Gasteiger partial charge in [-0.05, 0) is 54.9 Å². The zero-order valence-electron chi connectivity index (χ0n) is 17.9. The van der Waals surface area contributed by atoms with E-state index in [1.807, 2.05) is 34.6 Å². The number of methoxy groups -OCH3 is 1. The smallest absolute Gasteiger partial charge is 0.220 e. The summed E-state index contributed by atoms with van der Waals surface area (Å²) in [5.41, 5.74) is -0.693. The molecule has 0 heterocycles.